The van der Waals surface area contributed by atoms with Gasteiger partial charge in [0.2, 0.25) is 0 Å². The predicted molar refractivity (Wildman–Crippen MR) is 68.7 cm³/mol. The van der Waals surface area contributed by atoms with Crippen LogP contribution in [0, 0.1) is 19.7 Å². The van der Waals surface area contributed by atoms with Crippen LogP contribution in [0.3, 0.4) is 0 Å². The molecule has 2 nitrogen and oxygen atoms in total. The third-order valence-electron chi connectivity index (χ3n) is 2.69. The Kier molecular flexibility index (Phi) is 3.09. The highest BCUT2D eigenvalue weighted by molar-refractivity contribution is 5.66. The second-order valence-corrected chi connectivity index (χ2v) is 4.10. The van der Waals surface area contributed by atoms with Crippen LogP contribution in [0.4, 0.5) is 10.2 Å². The SMILES string of the molecule is CNc1cccc(-c2c(C)cc(C)cc2F)n1. The van der Waals surface area contributed by atoms with Gasteiger partial charge in [-0.3, -0.25) is 0 Å². The van der Waals surface area contributed by atoms with Crippen LogP contribution in [0.25, 0.3) is 11.3 Å². The summed E-state index contributed by atoms with van der Waals surface area (Å²) in [6.45, 7) is 3.79. The summed E-state index contributed by atoms with van der Waals surface area (Å²) >= 11 is 0. The minimum Gasteiger partial charge on any atom is -0.373 e. The van der Waals surface area contributed by atoms with E-state index < -0.39 is 0 Å². The lowest BCUT2D eigenvalue weighted by atomic mass is 10.0. The van der Waals surface area contributed by atoms with Gasteiger partial charge in [-0.15, -0.1) is 0 Å². The molecule has 1 heterocycles. The quantitative estimate of drug-likeness (QED) is 0.853. The Hall–Kier alpha value is -1.90. The first-order valence-electron chi connectivity index (χ1n) is 5.53. The molecule has 2 aromatic rings. The number of aryl methyl sites for hydroxylation is 2. The zero-order valence-corrected chi connectivity index (χ0v) is 10.2. The first-order chi connectivity index (χ1) is 8.11. The van der Waals surface area contributed by atoms with E-state index in [0.717, 1.165) is 16.9 Å². The Morgan fingerprint density at radius 2 is 1.94 bits per heavy atom. The number of rotatable bonds is 2. The van der Waals surface area contributed by atoms with Gasteiger partial charge in [0.05, 0.1) is 5.69 Å². The van der Waals surface area contributed by atoms with Crippen molar-refractivity contribution < 1.29 is 4.39 Å². The van der Waals surface area contributed by atoms with E-state index in [0.29, 0.717) is 11.3 Å². The van der Waals surface area contributed by atoms with Gasteiger partial charge in [-0.05, 0) is 43.2 Å². The number of nitrogens with zero attached hydrogens (tertiary/aromatic N) is 1. The first-order valence-corrected chi connectivity index (χ1v) is 5.53. The van der Waals surface area contributed by atoms with Gasteiger partial charge < -0.3 is 5.32 Å². The summed E-state index contributed by atoms with van der Waals surface area (Å²) in [5, 5.41) is 2.95. The summed E-state index contributed by atoms with van der Waals surface area (Å²) in [4.78, 5) is 4.36. The van der Waals surface area contributed by atoms with Gasteiger partial charge in [-0.25, -0.2) is 9.37 Å². The van der Waals surface area contributed by atoms with Crippen LogP contribution in [-0.4, -0.2) is 12.0 Å². The molecule has 0 radical (unpaired) electrons. The Bertz CT molecular complexity index is 527. The lowest BCUT2D eigenvalue weighted by Gasteiger charge is -2.09. The zero-order valence-electron chi connectivity index (χ0n) is 10.2. The predicted octanol–water partition coefficient (Wildman–Crippen LogP) is 3.55. The van der Waals surface area contributed by atoms with Gasteiger partial charge in [0, 0.05) is 12.6 Å². The Morgan fingerprint density at radius 1 is 1.18 bits per heavy atom. The summed E-state index contributed by atoms with van der Waals surface area (Å²) in [5.74, 6) is 0.519. The lowest BCUT2D eigenvalue weighted by Crippen LogP contribution is -1.96. The van der Waals surface area contributed by atoms with Crippen molar-refractivity contribution in [3.63, 3.8) is 0 Å². The van der Waals surface area contributed by atoms with Crippen molar-refractivity contribution in [1.29, 1.82) is 0 Å². The van der Waals surface area contributed by atoms with Crippen molar-refractivity contribution >= 4 is 5.82 Å². The minimum absolute atomic E-state index is 0.219. The van der Waals surface area contributed by atoms with Gasteiger partial charge in [0.25, 0.3) is 0 Å². The molecule has 0 saturated heterocycles. The molecule has 0 aliphatic heterocycles. The molecule has 1 aromatic carbocycles. The van der Waals surface area contributed by atoms with E-state index in [4.69, 9.17) is 0 Å². The molecule has 0 atom stereocenters. The molecule has 17 heavy (non-hydrogen) atoms. The van der Waals surface area contributed by atoms with Crippen LogP contribution in [0.2, 0.25) is 0 Å². The Labute approximate surface area is 101 Å². The van der Waals surface area contributed by atoms with Crippen LogP contribution in [0.1, 0.15) is 11.1 Å². The highest BCUT2D eigenvalue weighted by Crippen LogP contribution is 2.26. The van der Waals surface area contributed by atoms with Crippen LogP contribution < -0.4 is 5.32 Å². The van der Waals surface area contributed by atoms with Gasteiger partial charge in [0.1, 0.15) is 11.6 Å². The fraction of sp³-hybridized carbons (Fsp3) is 0.214. The van der Waals surface area contributed by atoms with Crippen molar-refractivity contribution in [3.8, 4) is 11.3 Å². The third-order valence-corrected chi connectivity index (χ3v) is 2.69. The molecule has 0 fully saturated rings. The number of anilines is 1. The number of hydrogen-bond acceptors (Lipinski definition) is 2. The summed E-state index contributed by atoms with van der Waals surface area (Å²) in [6.07, 6.45) is 0. The molecule has 0 bridgehead atoms. The number of hydrogen-bond donors (Lipinski definition) is 1. The van der Waals surface area contributed by atoms with E-state index >= 15 is 0 Å². The van der Waals surface area contributed by atoms with Crippen LogP contribution >= 0.6 is 0 Å². The van der Waals surface area contributed by atoms with E-state index in [1.165, 1.54) is 6.07 Å². The largest absolute Gasteiger partial charge is 0.373 e. The average molecular weight is 230 g/mol. The molecule has 3 heteroatoms. The maximum atomic E-state index is 14.0. The molecule has 0 spiro atoms. The lowest BCUT2D eigenvalue weighted by molar-refractivity contribution is 0.628. The van der Waals surface area contributed by atoms with Crippen LogP contribution in [0.15, 0.2) is 30.3 Å². The molecular formula is C14H15FN2. The molecule has 0 aliphatic carbocycles. The van der Waals surface area contributed by atoms with Gasteiger partial charge in [0.15, 0.2) is 0 Å². The number of nitrogens with one attached hydrogen (secondary N) is 1. The van der Waals surface area contributed by atoms with Crippen molar-refractivity contribution in [3.05, 3.63) is 47.3 Å². The molecule has 88 valence electrons. The smallest absolute Gasteiger partial charge is 0.133 e. The number of halogens is 1. The molecular weight excluding hydrogens is 215 g/mol. The Morgan fingerprint density at radius 3 is 2.59 bits per heavy atom. The number of aromatic nitrogens is 1. The summed E-state index contributed by atoms with van der Waals surface area (Å²) in [5.41, 5.74) is 3.07. The molecule has 0 saturated carbocycles. The maximum absolute atomic E-state index is 14.0. The van der Waals surface area contributed by atoms with Gasteiger partial charge in [-0.2, -0.15) is 0 Å². The van der Waals surface area contributed by atoms with Crippen LogP contribution in [0.5, 0.6) is 0 Å². The summed E-state index contributed by atoms with van der Waals surface area (Å²) in [6, 6.07) is 9.04. The normalized spacial score (nSPS) is 10.4. The second kappa shape index (κ2) is 4.53. The zero-order chi connectivity index (χ0) is 12.4. The third kappa shape index (κ3) is 2.28. The highest BCUT2D eigenvalue weighted by atomic mass is 19.1. The topological polar surface area (TPSA) is 24.9 Å². The van der Waals surface area contributed by atoms with Crippen molar-refractivity contribution in [2.45, 2.75) is 13.8 Å². The molecule has 2 rings (SSSR count). The van der Waals surface area contributed by atoms with E-state index in [2.05, 4.69) is 10.3 Å². The highest BCUT2D eigenvalue weighted by Gasteiger charge is 2.10. The summed E-state index contributed by atoms with van der Waals surface area (Å²) in [7, 11) is 1.80. The van der Waals surface area contributed by atoms with Crippen molar-refractivity contribution in [2.24, 2.45) is 0 Å². The minimum atomic E-state index is -0.219. The molecule has 0 unspecified atom stereocenters. The fourth-order valence-electron chi connectivity index (χ4n) is 1.95. The summed E-state index contributed by atoms with van der Waals surface area (Å²) < 4.78 is 14.0. The van der Waals surface area contributed by atoms with Gasteiger partial charge in [-0.1, -0.05) is 12.1 Å². The van der Waals surface area contributed by atoms with Crippen molar-refractivity contribution in [2.75, 3.05) is 12.4 Å². The first kappa shape index (κ1) is 11.6. The molecule has 1 aromatic heterocycles. The fourth-order valence-corrected chi connectivity index (χ4v) is 1.95. The van der Waals surface area contributed by atoms with Gasteiger partial charge >= 0.3 is 0 Å². The Balaban J connectivity index is 2.60. The standard InChI is InChI=1S/C14H15FN2/c1-9-7-10(2)14(11(15)8-9)12-5-4-6-13(16-3)17-12/h4-8H,1-3H3,(H,16,17). The van der Waals surface area contributed by atoms with Crippen molar-refractivity contribution in [1.82, 2.24) is 4.98 Å². The average Bonchev–Trinajstić information content (AvgIpc) is 2.28. The van der Waals surface area contributed by atoms with E-state index in [1.807, 2.05) is 38.1 Å². The van der Waals surface area contributed by atoms with E-state index in [-0.39, 0.29) is 5.82 Å². The number of benzene rings is 1. The second-order valence-electron chi connectivity index (χ2n) is 4.10. The molecule has 1 N–H and O–H groups in total. The maximum Gasteiger partial charge on any atom is 0.133 e. The van der Waals surface area contributed by atoms with E-state index in [1.54, 1.807) is 7.05 Å². The monoisotopic (exact) mass is 230 g/mol. The number of pyridine rings is 1. The van der Waals surface area contributed by atoms with E-state index in [9.17, 15) is 4.39 Å². The van der Waals surface area contributed by atoms with Crippen LogP contribution in [-0.2, 0) is 0 Å². The molecule has 0 amide bonds. The molecule has 0 aliphatic rings.